The average Bonchev–Trinajstić information content (AvgIpc) is 3.13. The van der Waals surface area contributed by atoms with E-state index in [0.29, 0.717) is 11.2 Å². The molecule has 2 aromatic heterocycles. The molecule has 0 amide bonds. The molecule has 6 heteroatoms. The number of fused-ring (bicyclic) bond motifs is 1. The smallest absolute Gasteiger partial charge is 0.216 e. The van der Waals surface area contributed by atoms with Gasteiger partial charge in [0, 0.05) is 35.6 Å². The Morgan fingerprint density at radius 3 is 2.65 bits per heavy atom. The zero-order valence-electron chi connectivity index (χ0n) is 14.7. The van der Waals surface area contributed by atoms with Crippen molar-refractivity contribution in [2.24, 2.45) is 12.1 Å². The molecule has 0 aliphatic carbocycles. The molecule has 1 N–H and O–H groups in total. The van der Waals surface area contributed by atoms with E-state index >= 15 is 0 Å². The number of para-hydroxylation sites is 1. The normalized spacial score (nSPS) is 11.6. The maximum Gasteiger partial charge on any atom is 0.216 e. The third-order valence-corrected chi connectivity index (χ3v) is 4.94. The fraction of sp³-hybridized carbons (Fsp3) is 0.150. The Labute approximate surface area is 156 Å². The summed E-state index contributed by atoms with van der Waals surface area (Å²) in [5.74, 6) is 0.787. The van der Waals surface area contributed by atoms with Crippen LogP contribution in [0.2, 0.25) is 0 Å². The first-order valence-electron chi connectivity index (χ1n) is 8.43. The molecule has 0 atom stereocenters. The quantitative estimate of drug-likeness (QED) is 0.437. The van der Waals surface area contributed by atoms with E-state index in [1.807, 2.05) is 36.5 Å². The molecule has 0 fully saturated rings. The van der Waals surface area contributed by atoms with Crippen molar-refractivity contribution < 1.29 is 0 Å². The third kappa shape index (κ3) is 2.88. The summed E-state index contributed by atoms with van der Waals surface area (Å²) >= 11 is 5.36. The van der Waals surface area contributed by atoms with Gasteiger partial charge in [0.1, 0.15) is 0 Å². The van der Waals surface area contributed by atoms with E-state index in [-0.39, 0.29) is 0 Å². The molecule has 0 aliphatic rings. The monoisotopic (exact) mass is 361 g/mol. The van der Waals surface area contributed by atoms with Gasteiger partial charge < -0.3 is 4.57 Å². The van der Waals surface area contributed by atoms with Gasteiger partial charge >= 0.3 is 0 Å². The van der Waals surface area contributed by atoms with Crippen LogP contribution in [-0.2, 0) is 13.5 Å². The van der Waals surface area contributed by atoms with Crippen LogP contribution in [0.1, 0.15) is 22.6 Å². The summed E-state index contributed by atoms with van der Waals surface area (Å²) in [6.45, 7) is 2.10. The molecule has 2 heterocycles. The van der Waals surface area contributed by atoms with E-state index in [4.69, 9.17) is 12.2 Å². The summed E-state index contributed by atoms with van der Waals surface area (Å²) in [7, 11) is 2.07. The Hall–Kier alpha value is -2.99. The zero-order chi connectivity index (χ0) is 18.1. The standard InChI is InChI=1S/C20H19N5S/c1-14-17(16-10-6-7-11-18(16)24(14)2)13-21-25-19(22-23-20(25)26)12-15-8-4-3-5-9-15/h3-11,13H,12H2,1-2H3,(H,23,26)/b21-13-. The lowest BCUT2D eigenvalue weighted by Gasteiger charge is -2.01. The number of aromatic amines is 1. The van der Waals surface area contributed by atoms with Crippen molar-refractivity contribution in [3.8, 4) is 0 Å². The first-order valence-corrected chi connectivity index (χ1v) is 8.84. The van der Waals surface area contributed by atoms with Crippen LogP contribution in [0.25, 0.3) is 10.9 Å². The Morgan fingerprint density at radius 2 is 1.85 bits per heavy atom. The van der Waals surface area contributed by atoms with E-state index in [9.17, 15) is 0 Å². The molecule has 5 nitrogen and oxygen atoms in total. The van der Waals surface area contributed by atoms with Crippen LogP contribution >= 0.6 is 12.2 Å². The first-order chi connectivity index (χ1) is 12.6. The molecule has 0 unspecified atom stereocenters. The molecule has 130 valence electrons. The van der Waals surface area contributed by atoms with Crippen LogP contribution in [0, 0.1) is 11.7 Å². The van der Waals surface area contributed by atoms with Gasteiger partial charge in [-0.25, -0.2) is 0 Å². The predicted molar refractivity (Wildman–Crippen MR) is 107 cm³/mol. The highest BCUT2D eigenvalue weighted by atomic mass is 32.1. The van der Waals surface area contributed by atoms with Crippen LogP contribution in [-0.4, -0.2) is 25.7 Å². The molecule has 4 rings (SSSR count). The first kappa shape index (κ1) is 16.5. The lowest BCUT2D eigenvalue weighted by molar-refractivity contribution is 0.791. The SMILES string of the molecule is Cc1c(/C=N\n2c(Cc3ccccc3)n[nH]c2=S)c2ccccc2n1C. The van der Waals surface area contributed by atoms with Crippen molar-refractivity contribution in [2.45, 2.75) is 13.3 Å². The molecule has 0 saturated heterocycles. The van der Waals surface area contributed by atoms with Crippen LogP contribution < -0.4 is 0 Å². The molecule has 0 aliphatic heterocycles. The summed E-state index contributed by atoms with van der Waals surface area (Å²) in [4.78, 5) is 0. The largest absolute Gasteiger partial charge is 0.347 e. The average molecular weight is 361 g/mol. The van der Waals surface area contributed by atoms with Gasteiger partial charge in [-0.2, -0.15) is 14.9 Å². The van der Waals surface area contributed by atoms with Crippen molar-refractivity contribution in [3.05, 3.63) is 82.0 Å². The molecule has 0 spiro atoms. The molecular formula is C20H19N5S. The summed E-state index contributed by atoms with van der Waals surface area (Å²) in [5.41, 5.74) is 4.61. The highest BCUT2D eigenvalue weighted by Crippen LogP contribution is 2.23. The van der Waals surface area contributed by atoms with E-state index in [0.717, 1.165) is 17.1 Å². The summed E-state index contributed by atoms with van der Waals surface area (Å²) in [6.07, 6.45) is 2.54. The number of benzene rings is 2. The van der Waals surface area contributed by atoms with Crippen LogP contribution in [0.5, 0.6) is 0 Å². The Morgan fingerprint density at radius 1 is 1.12 bits per heavy atom. The molecular weight excluding hydrogens is 342 g/mol. The van der Waals surface area contributed by atoms with E-state index in [2.05, 4.69) is 58.1 Å². The molecule has 26 heavy (non-hydrogen) atoms. The summed E-state index contributed by atoms with van der Waals surface area (Å²) in [6, 6.07) is 18.5. The van der Waals surface area contributed by atoms with Gasteiger partial charge in [-0.1, -0.05) is 48.5 Å². The number of nitrogens with one attached hydrogen (secondary N) is 1. The van der Waals surface area contributed by atoms with Crippen molar-refractivity contribution in [1.29, 1.82) is 0 Å². The summed E-state index contributed by atoms with van der Waals surface area (Å²) < 4.78 is 4.37. The lowest BCUT2D eigenvalue weighted by Crippen LogP contribution is -2.01. The van der Waals surface area contributed by atoms with Crippen LogP contribution in [0.15, 0.2) is 59.7 Å². The van der Waals surface area contributed by atoms with E-state index in [1.54, 1.807) is 4.68 Å². The highest BCUT2D eigenvalue weighted by molar-refractivity contribution is 7.71. The van der Waals surface area contributed by atoms with E-state index in [1.165, 1.54) is 16.5 Å². The van der Waals surface area contributed by atoms with Gasteiger partial charge in [-0.15, -0.1) is 0 Å². The molecule has 0 bridgehead atoms. The third-order valence-electron chi connectivity index (χ3n) is 4.67. The maximum atomic E-state index is 5.36. The van der Waals surface area contributed by atoms with Crippen molar-refractivity contribution >= 4 is 29.3 Å². The Bertz CT molecular complexity index is 1150. The summed E-state index contributed by atoms with van der Waals surface area (Å²) in [5, 5.41) is 13.0. The maximum absolute atomic E-state index is 5.36. The highest BCUT2D eigenvalue weighted by Gasteiger charge is 2.10. The molecule has 2 aromatic carbocycles. The number of nitrogens with zero attached hydrogens (tertiary/aromatic N) is 4. The van der Waals surface area contributed by atoms with Gasteiger partial charge in [0.25, 0.3) is 0 Å². The minimum atomic E-state index is 0.491. The zero-order valence-corrected chi connectivity index (χ0v) is 15.5. The second-order valence-corrected chi connectivity index (χ2v) is 6.63. The number of hydrogen-bond donors (Lipinski definition) is 1. The van der Waals surface area contributed by atoms with Crippen molar-refractivity contribution in [1.82, 2.24) is 19.4 Å². The molecule has 0 radical (unpaired) electrons. The lowest BCUT2D eigenvalue weighted by atomic mass is 10.1. The predicted octanol–water partition coefficient (Wildman–Crippen LogP) is 4.21. The minimum absolute atomic E-state index is 0.491. The van der Waals surface area contributed by atoms with Gasteiger partial charge in [0.15, 0.2) is 5.82 Å². The topological polar surface area (TPSA) is 50.9 Å². The fourth-order valence-corrected chi connectivity index (χ4v) is 3.36. The number of aromatic nitrogens is 4. The second-order valence-electron chi connectivity index (χ2n) is 6.24. The number of aryl methyl sites for hydroxylation is 1. The van der Waals surface area contributed by atoms with Gasteiger partial charge in [0.2, 0.25) is 4.77 Å². The Balaban J connectivity index is 1.74. The number of rotatable bonds is 4. The van der Waals surface area contributed by atoms with Crippen molar-refractivity contribution in [3.63, 3.8) is 0 Å². The number of hydrogen-bond acceptors (Lipinski definition) is 3. The fourth-order valence-electron chi connectivity index (χ4n) is 3.16. The second kappa shape index (κ2) is 6.72. The van der Waals surface area contributed by atoms with E-state index < -0.39 is 0 Å². The Kier molecular flexibility index (Phi) is 4.26. The van der Waals surface area contributed by atoms with Crippen molar-refractivity contribution in [2.75, 3.05) is 0 Å². The minimum Gasteiger partial charge on any atom is -0.347 e. The van der Waals surface area contributed by atoms with Gasteiger partial charge in [-0.3, -0.25) is 5.10 Å². The molecule has 0 saturated carbocycles. The van der Waals surface area contributed by atoms with Gasteiger partial charge in [-0.05, 0) is 30.8 Å². The number of H-pyrrole nitrogens is 1. The van der Waals surface area contributed by atoms with Crippen LogP contribution in [0.4, 0.5) is 0 Å². The van der Waals surface area contributed by atoms with Gasteiger partial charge in [0.05, 0.1) is 6.21 Å². The molecule has 4 aromatic rings. The van der Waals surface area contributed by atoms with Crippen LogP contribution in [0.3, 0.4) is 0 Å².